The number of likely N-dealkylation sites (tertiary alicyclic amines) is 1. The van der Waals surface area contributed by atoms with E-state index in [1.807, 2.05) is 13.0 Å². The molecule has 6 nitrogen and oxygen atoms in total. The maximum absolute atomic E-state index is 12.7. The van der Waals surface area contributed by atoms with Gasteiger partial charge in [0.05, 0.1) is 14.2 Å². The van der Waals surface area contributed by atoms with E-state index >= 15 is 0 Å². The molecule has 2 heterocycles. The number of benzene rings is 1. The zero-order chi connectivity index (χ0) is 19.9. The molecule has 0 radical (unpaired) electrons. The van der Waals surface area contributed by atoms with Crippen molar-refractivity contribution in [3.05, 3.63) is 23.8 Å². The van der Waals surface area contributed by atoms with Crippen LogP contribution in [0.1, 0.15) is 44.6 Å². The van der Waals surface area contributed by atoms with Gasteiger partial charge in [-0.3, -0.25) is 9.69 Å². The van der Waals surface area contributed by atoms with E-state index in [1.54, 1.807) is 14.2 Å². The van der Waals surface area contributed by atoms with Gasteiger partial charge in [-0.2, -0.15) is 0 Å². The number of nitrogens with zero attached hydrogens (tertiary/aromatic N) is 2. The average molecular weight is 391 g/mol. The lowest BCUT2D eigenvalue weighted by Gasteiger charge is -2.43. The van der Waals surface area contributed by atoms with Crippen LogP contribution in [0.3, 0.4) is 0 Å². The molecule has 1 amide bonds. The van der Waals surface area contributed by atoms with Crippen molar-refractivity contribution < 1.29 is 19.0 Å². The lowest BCUT2D eigenvalue weighted by atomic mass is 9.97. The van der Waals surface area contributed by atoms with Crippen LogP contribution >= 0.6 is 0 Å². The highest BCUT2D eigenvalue weighted by Gasteiger charge is 2.33. The molecule has 0 aliphatic carbocycles. The Bertz CT molecular complexity index is 637. The first-order valence-electron chi connectivity index (χ1n) is 10.5. The second kappa shape index (κ2) is 10.1. The Kier molecular flexibility index (Phi) is 7.57. The Hall–Kier alpha value is -1.79. The molecule has 0 unspecified atom stereocenters. The minimum absolute atomic E-state index is 0.297. The molecule has 2 saturated heterocycles. The average Bonchev–Trinajstić information content (AvgIpc) is 2.75. The van der Waals surface area contributed by atoms with Crippen molar-refractivity contribution >= 4 is 5.91 Å². The Morgan fingerprint density at radius 3 is 2.32 bits per heavy atom. The zero-order valence-electron chi connectivity index (χ0n) is 17.5. The second-order valence-corrected chi connectivity index (χ2v) is 7.69. The van der Waals surface area contributed by atoms with Gasteiger partial charge in [-0.1, -0.05) is 13.0 Å². The maximum atomic E-state index is 12.7. The van der Waals surface area contributed by atoms with Gasteiger partial charge in [0.1, 0.15) is 0 Å². The van der Waals surface area contributed by atoms with E-state index in [0.29, 0.717) is 24.4 Å². The minimum Gasteiger partial charge on any atom is -0.493 e. The van der Waals surface area contributed by atoms with E-state index in [-0.39, 0.29) is 0 Å². The smallest absolute Gasteiger partial charge is 0.222 e. The largest absolute Gasteiger partial charge is 0.493 e. The molecule has 156 valence electrons. The van der Waals surface area contributed by atoms with Crippen LogP contribution in [0.2, 0.25) is 0 Å². The summed E-state index contributed by atoms with van der Waals surface area (Å²) < 4.78 is 16.3. The summed E-state index contributed by atoms with van der Waals surface area (Å²) in [6, 6.07) is 6.83. The number of piperidine rings is 1. The van der Waals surface area contributed by atoms with Gasteiger partial charge in [-0.15, -0.1) is 0 Å². The standard InChI is InChI=1S/C22H34N2O4/c1-4-22(25)24(19-9-13-28-14-10-19)18-7-11-23(12-8-18)16-17-5-6-20(26-2)21(15-17)27-3/h5-6,15,18-19H,4,7-14,16H2,1-3H3. The monoisotopic (exact) mass is 390 g/mol. The summed E-state index contributed by atoms with van der Waals surface area (Å²) >= 11 is 0. The van der Waals surface area contributed by atoms with Gasteiger partial charge in [0.25, 0.3) is 0 Å². The summed E-state index contributed by atoms with van der Waals surface area (Å²) in [7, 11) is 3.33. The summed E-state index contributed by atoms with van der Waals surface area (Å²) in [4.78, 5) is 17.3. The third-order valence-corrected chi connectivity index (χ3v) is 5.98. The van der Waals surface area contributed by atoms with Gasteiger partial charge in [0.2, 0.25) is 5.91 Å². The molecule has 6 heteroatoms. The number of hydrogen-bond donors (Lipinski definition) is 0. The molecule has 0 aromatic heterocycles. The van der Waals surface area contributed by atoms with Gasteiger partial charge >= 0.3 is 0 Å². The summed E-state index contributed by atoms with van der Waals surface area (Å²) in [5.41, 5.74) is 1.22. The number of carbonyl (C=O) groups excluding carboxylic acids is 1. The topological polar surface area (TPSA) is 51.2 Å². The molecule has 0 N–H and O–H groups in total. The summed E-state index contributed by atoms with van der Waals surface area (Å²) in [5, 5.41) is 0. The SMILES string of the molecule is CCC(=O)N(C1CCOCC1)C1CCN(Cc2ccc(OC)c(OC)c2)CC1. The first-order chi connectivity index (χ1) is 13.7. The molecule has 0 spiro atoms. The van der Waals surface area contributed by atoms with Crippen molar-refractivity contribution in [1.82, 2.24) is 9.80 Å². The fourth-order valence-electron chi connectivity index (χ4n) is 4.44. The highest BCUT2D eigenvalue weighted by molar-refractivity contribution is 5.76. The van der Waals surface area contributed by atoms with Crippen LogP contribution in [0.15, 0.2) is 18.2 Å². The highest BCUT2D eigenvalue weighted by Crippen LogP contribution is 2.29. The lowest BCUT2D eigenvalue weighted by Crippen LogP contribution is -2.52. The van der Waals surface area contributed by atoms with Crippen LogP contribution in [-0.2, 0) is 16.1 Å². The quantitative estimate of drug-likeness (QED) is 0.716. The normalized spacial score (nSPS) is 19.4. The minimum atomic E-state index is 0.297. The molecule has 3 rings (SSSR count). The Labute approximate surface area is 168 Å². The highest BCUT2D eigenvalue weighted by atomic mass is 16.5. The first-order valence-corrected chi connectivity index (χ1v) is 10.5. The van der Waals surface area contributed by atoms with Crippen molar-refractivity contribution in [2.75, 3.05) is 40.5 Å². The molecule has 0 bridgehead atoms. The Morgan fingerprint density at radius 1 is 1.07 bits per heavy atom. The van der Waals surface area contributed by atoms with Crippen LogP contribution in [0, 0.1) is 0 Å². The summed E-state index contributed by atoms with van der Waals surface area (Å²) in [6.45, 7) is 6.44. The number of carbonyl (C=O) groups is 1. The number of amides is 1. The number of ether oxygens (including phenoxy) is 3. The Morgan fingerprint density at radius 2 is 1.71 bits per heavy atom. The lowest BCUT2D eigenvalue weighted by molar-refractivity contribution is -0.139. The van der Waals surface area contributed by atoms with Gasteiger partial charge in [-0.05, 0) is 43.4 Å². The molecule has 1 aromatic rings. The summed E-state index contributed by atoms with van der Waals surface area (Å²) in [5.74, 6) is 1.83. The fourth-order valence-corrected chi connectivity index (χ4v) is 4.44. The van der Waals surface area contributed by atoms with E-state index in [9.17, 15) is 4.79 Å². The third-order valence-electron chi connectivity index (χ3n) is 5.98. The molecule has 2 fully saturated rings. The molecular weight excluding hydrogens is 356 g/mol. The second-order valence-electron chi connectivity index (χ2n) is 7.69. The molecule has 2 aliphatic rings. The van der Waals surface area contributed by atoms with E-state index in [0.717, 1.165) is 70.0 Å². The van der Waals surface area contributed by atoms with Gasteiger partial charge in [-0.25, -0.2) is 0 Å². The molecule has 0 atom stereocenters. The molecule has 28 heavy (non-hydrogen) atoms. The van der Waals surface area contributed by atoms with Crippen LogP contribution in [-0.4, -0.2) is 68.3 Å². The first kappa shape index (κ1) is 20.9. The summed E-state index contributed by atoms with van der Waals surface area (Å²) in [6.07, 6.45) is 4.60. The van der Waals surface area contributed by atoms with Crippen molar-refractivity contribution in [3.63, 3.8) is 0 Å². The third kappa shape index (κ3) is 4.97. The maximum Gasteiger partial charge on any atom is 0.222 e. The van der Waals surface area contributed by atoms with E-state index < -0.39 is 0 Å². The van der Waals surface area contributed by atoms with Crippen LogP contribution < -0.4 is 9.47 Å². The number of rotatable bonds is 7. The predicted molar refractivity (Wildman–Crippen MR) is 109 cm³/mol. The zero-order valence-corrected chi connectivity index (χ0v) is 17.5. The van der Waals surface area contributed by atoms with Crippen molar-refractivity contribution in [2.24, 2.45) is 0 Å². The van der Waals surface area contributed by atoms with Crippen LogP contribution in [0.4, 0.5) is 0 Å². The number of methoxy groups -OCH3 is 2. The van der Waals surface area contributed by atoms with Crippen molar-refractivity contribution in [2.45, 2.75) is 57.7 Å². The van der Waals surface area contributed by atoms with E-state index in [2.05, 4.69) is 21.9 Å². The predicted octanol–water partition coefficient (Wildman–Crippen LogP) is 3.09. The van der Waals surface area contributed by atoms with Gasteiger partial charge < -0.3 is 19.1 Å². The van der Waals surface area contributed by atoms with Gasteiger partial charge in [0.15, 0.2) is 11.5 Å². The number of hydrogen-bond acceptors (Lipinski definition) is 5. The Balaban J connectivity index is 1.59. The van der Waals surface area contributed by atoms with E-state index in [4.69, 9.17) is 14.2 Å². The van der Waals surface area contributed by atoms with Gasteiger partial charge in [0, 0.05) is 51.4 Å². The molecule has 1 aromatic carbocycles. The van der Waals surface area contributed by atoms with Crippen molar-refractivity contribution in [1.29, 1.82) is 0 Å². The van der Waals surface area contributed by atoms with Crippen molar-refractivity contribution in [3.8, 4) is 11.5 Å². The molecule has 2 aliphatic heterocycles. The van der Waals surface area contributed by atoms with Crippen LogP contribution in [0.25, 0.3) is 0 Å². The van der Waals surface area contributed by atoms with E-state index in [1.165, 1.54) is 5.56 Å². The fraction of sp³-hybridized carbons (Fsp3) is 0.682. The molecular formula is C22H34N2O4. The molecule has 0 saturated carbocycles. The van der Waals surface area contributed by atoms with Crippen LogP contribution in [0.5, 0.6) is 11.5 Å².